The number of aromatic nitrogens is 1. The lowest BCUT2D eigenvalue weighted by Crippen LogP contribution is -2.27. The number of carbonyl (C=O) groups excluding carboxylic acids is 1. The lowest BCUT2D eigenvalue weighted by atomic mass is 10.1. The molecule has 0 spiro atoms. The van der Waals surface area contributed by atoms with E-state index in [2.05, 4.69) is 41.9 Å². The van der Waals surface area contributed by atoms with E-state index in [1.54, 1.807) is 0 Å². The monoisotopic (exact) mass is 288 g/mol. The van der Waals surface area contributed by atoms with Crippen molar-refractivity contribution in [2.24, 2.45) is 0 Å². The molecule has 21 heavy (non-hydrogen) atoms. The second-order valence-electron chi connectivity index (χ2n) is 5.26. The highest BCUT2D eigenvalue weighted by Gasteiger charge is 2.19. The number of carbonyl (C=O) groups is 1. The SMILES string of the molecule is CCc1ccc2c(c1)c(C)c(C(=O)NCCCO)n2CC. The first kappa shape index (κ1) is 15.6. The average Bonchev–Trinajstić information content (AvgIpc) is 2.79. The summed E-state index contributed by atoms with van der Waals surface area (Å²) in [5.41, 5.74) is 4.16. The zero-order valence-electron chi connectivity index (χ0n) is 13.1. The van der Waals surface area contributed by atoms with Crippen molar-refractivity contribution in [1.29, 1.82) is 0 Å². The molecule has 4 nitrogen and oxygen atoms in total. The quantitative estimate of drug-likeness (QED) is 0.803. The Morgan fingerprint density at radius 3 is 2.71 bits per heavy atom. The van der Waals surface area contributed by atoms with E-state index in [0.29, 0.717) is 13.0 Å². The fraction of sp³-hybridized carbons (Fsp3) is 0.471. The zero-order chi connectivity index (χ0) is 15.4. The van der Waals surface area contributed by atoms with Crippen molar-refractivity contribution in [2.45, 2.75) is 40.2 Å². The molecule has 0 aliphatic carbocycles. The molecule has 1 heterocycles. The predicted molar refractivity (Wildman–Crippen MR) is 85.8 cm³/mol. The number of hydrogen-bond acceptors (Lipinski definition) is 2. The average molecular weight is 288 g/mol. The van der Waals surface area contributed by atoms with Crippen LogP contribution in [0.25, 0.3) is 10.9 Å². The van der Waals surface area contributed by atoms with Crippen LogP contribution in [0.1, 0.15) is 41.9 Å². The van der Waals surface area contributed by atoms with Gasteiger partial charge in [-0.3, -0.25) is 4.79 Å². The van der Waals surface area contributed by atoms with E-state index in [9.17, 15) is 4.79 Å². The third-order valence-electron chi connectivity index (χ3n) is 3.94. The second kappa shape index (κ2) is 6.76. The van der Waals surface area contributed by atoms with Gasteiger partial charge in [-0.1, -0.05) is 13.0 Å². The summed E-state index contributed by atoms with van der Waals surface area (Å²) in [6.45, 7) is 7.55. The predicted octanol–water partition coefficient (Wildman–Crippen LogP) is 2.64. The van der Waals surface area contributed by atoms with Crippen LogP contribution in [-0.2, 0) is 13.0 Å². The molecule has 0 saturated carbocycles. The third kappa shape index (κ3) is 2.95. The molecule has 0 aliphatic rings. The summed E-state index contributed by atoms with van der Waals surface area (Å²) in [4.78, 5) is 12.4. The van der Waals surface area contributed by atoms with Gasteiger partial charge >= 0.3 is 0 Å². The molecule has 1 aromatic heterocycles. The largest absolute Gasteiger partial charge is 0.396 e. The number of aliphatic hydroxyl groups excluding tert-OH is 1. The van der Waals surface area contributed by atoms with Gasteiger partial charge in [0.05, 0.1) is 0 Å². The number of aryl methyl sites for hydroxylation is 3. The molecule has 114 valence electrons. The van der Waals surface area contributed by atoms with E-state index in [1.165, 1.54) is 5.56 Å². The first-order valence-corrected chi connectivity index (χ1v) is 7.64. The van der Waals surface area contributed by atoms with Gasteiger partial charge in [0.25, 0.3) is 5.91 Å². The topological polar surface area (TPSA) is 54.3 Å². The summed E-state index contributed by atoms with van der Waals surface area (Å²) < 4.78 is 2.07. The highest BCUT2D eigenvalue weighted by Crippen LogP contribution is 2.27. The van der Waals surface area contributed by atoms with Crippen LogP contribution in [0.4, 0.5) is 0 Å². The van der Waals surface area contributed by atoms with Crippen molar-refractivity contribution in [2.75, 3.05) is 13.2 Å². The molecule has 1 aromatic carbocycles. The van der Waals surface area contributed by atoms with Crippen molar-refractivity contribution in [3.63, 3.8) is 0 Å². The molecule has 0 fully saturated rings. The van der Waals surface area contributed by atoms with Gasteiger partial charge in [0, 0.05) is 30.6 Å². The van der Waals surface area contributed by atoms with Crippen molar-refractivity contribution in [1.82, 2.24) is 9.88 Å². The van der Waals surface area contributed by atoms with Crippen molar-refractivity contribution in [3.8, 4) is 0 Å². The van der Waals surface area contributed by atoms with Crippen LogP contribution in [0.15, 0.2) is 18.2 Å². The number of aliphatic hydroxyl groups is 1. The highest BCUT2D eigenvalue weighted by atomic mass is 16.3. The maximum Gasteiger partial charge on any atom is 0.268 e. The van der Waals surface area contributed by atoms with E-state index < -0.39 is 0 Å². The summed E-state index contributed by atoms with van der Waals surface area (Å²) in [7, 11) is 0. The van der Waals surface area contributed by atoms with Crippen LogP contribution in [0.2, 0.25) is 0 Å². The molecule has 0 unspecified atom stereocenters. The smallest absolute Gasteiger partial charge is 0.268 e. The van der Waals surface area contributed by atoms with Crippen LogP contribution in [0.5, 0.6) is 0 Å². The molecule has 1 amide bonds. The minimum atomic E-state index is -0.0583. The standard InChI is InChI=1S/C17H24N2O2/c1-4-13-7-8-15-14(11-13)12(3)16(19(15)5-2)17(21)18-9-6-10-20/h7-8,11,20H,4-6,9-10H2,1-3H3,(H,18,21). The summed E-state index contributed by atoms with van der Waals surface area (Å²) in [5, 5.41) is 12.9. The van der Waals surface area contributed by atoms with Gasteiger partial charge in [-0.2, -0.15) is 0 Å². The molecule has 2 aromatic rings. The van der Waals surface area contributed by atoms with E-state index in [0.717, 1.165) is 35.1 Å². The highest BCUT2D eigenvalue weighted by molar-refractivity contribution is 6.01. The Bertz CT molecular complexity index is 644. The van der Waals surface area contributed by atoms with Crippen LogP contribution in [-0.4, -0.2) is 28.7 Å². The number of hydrogen-bond donors (Lipinski definition) is 2. The van der Waals surface area contributed by atoms with Gasteiger partial charge < -0.3 is 15.0 Å². The van der Waals surface area contributed by atoms with Crippen LogP contribution < -0.4 is 5.32 Å². The van der Waals surface area contributed by atoms with E-state index in [4.69, 9.17) is 5.11 Å². The summed E-state index contributed by atoms with van der Waals surface area (Å²) in [6, 6.07) is 6.41. The van der Waals surface area contributed by atoms with Gasteiger partial charge in [-0.05, 0) is 49.9 Å². The summed E-state index contributed by atoms with van der Waals surface area (Å²) in [5.74, 6) is -0.0583. The maximum absolute atomic E-state index is 12.4. The Morgan fingerprint density at radius 1 is 1.33 bits per heavy atom. The molecule has 0 atom stereocenters. The number of nitrogens with zero attached hydrogens (tertiary/aromatic N) is 1. The molecule has 0 radical (unpaired) electrons. The maximum atomic E-state index is 12.4. The lowest BCUT2D eigenvalue weighted by molar-refractivity contribution is 0.0942. The van der Waals surface area contributed by atoms with Gasteiger partial charge in [-0.25, -0.2) is 0 Å². The lowest BCUT2D eigenvalue weighted by Gasteiger charge is -2.09. The summed E-state index contributed by atoms with van der Waals surface area (Å²) in [6.07, 6.45) is 1.57. The van der Waals surface area contributed by atoms with Gasteiger partial charge in [0.1, 0.15) is 5.69 Å². The molecule has 0 aliphatic heterocycles. The van der Waals surface area contributed by atoms with Gasteiger partial charge in [-0.15, -0.1) is 0 Å². The van der Waals surface area contributed by atoms with Gasteiger partial charge in [0.2, 0.25) is 0 Å². The van der Waals surface area contributed by atoms with Crippen LogP contribution in [0.3, 0.4) is 0 Å². The van der Waals surface area contributed by atoms with E-state index in [-0.39, 0.29) is 12.5 Å². The molecular formula is C17H24N2O2. The zero-order valence-corrected chi connectivity index (χ0v) is 13.1. The number of amides is 1. The number of fused-ring (bicyclic) bond motifs is 1. The van der Waals surface area contributed by atoms with Crippen molar-refractivity contribution >= 4 is 16.8 Å². The Hall–Kier alpha value is -1.81. The molecule has 0 bridgehead atoms. The molecule has 4 heteroatoms. The minimum Gasteiger partial charge on any atom is -0.396 e. The van der Waals surface area contributed by atoms with Gasteiger partial charge in [0.15, 0.2) is 0 Å². The summed E-state index contributed by atoms with van der Waals surface area (Å²) >= 11 is 0. The molecule has 2 N–H and O–H groups in total. The van der Waals surface area contributed by atoms with Crippen molar-refractivity contribution < 1.29 is 9.90 Å². The van der Waals surface area contributed by atoms with E-state index in [1.807, 2.05) is 6.92 Å². The first-order valence-electron chi connectivity index (χ1n) is 7.64. The number of rotatable bonds is 6. The second-order valence-corrected chi connectivity index (χ2v) is 5.26. The first-order chi connectivity index (χ1) is 10.1. The van der Waals surface area contributed by atoms with Crippen molar-refractivity contribution in [3.05, 3.63) is 35.0 Å². The fourth-order valence-electron chi connectivity index (χ4n) is 2.78. The number of nitrogens with one attached hydrogen (secondary N) is 1. The third-order valence-corrected chi connectivity index (χ3v) is 3.94. The minimum absolute atomic E-state index is 0.0583. The molecular weight excluding hydrogens is 264 g/mol. The normalized spacial score (nSPS) is 11.0. The van der Waals surface area contributed by atoms with E-state index >= 15 is 0 Å². The molecule has 2 rings (SSSR count). The Labute approximate surface area is 125 Å². The number of benzene rings is 1. The Morgan fingerprint density at radius 2 is 2.10 bits per heavy atom. The molecule has 0 saturated heterocycles. The fourth-order valence-corrected chi connectivity index (χ4v) is 2.78. The Kier molecular flexibility index (Phi) is 5.02. The van der Waals surface area contributed by atoms with Crippen LogP contribution in [0, 0.1) is 6.92 Å². The Balaban J connectivity index is 2.47. The van der Waals surface area contributed by atoms with Crippen LogP contribution >= 0.6 is 0 Å².